The van der Waals surface area contributed by atoms with Crippen LogP contribution in [-0.4, -0.2) is 17.6 Å². The number of hydrogen-bond donors (Lipinski definition) is 1. The molecule has 73 valence electrons. The van der Waals surface area contributed by atoms with Crippen LogP contribution in [0.1, 0.15) is 15.9 Å². The van der Waals surface area contributed by atoms with Crippen molar-refractivity contribution < 1.29 is 9.90 Å². The van der Waals surface area contributed by atoms with Gasteiger partial charge in [-0.05, 0) is 11.6 Å². The monoisotopic (exact) mass is 190 g/mol. The lowest BCUT2D eigenvalue weighted by atomic mass is 10.1. The van der Waals surface area contributed by atoms with E-state index < -0.39 is 5.97 Å². The third-order valence-electron chi connectivity index (χ3n) is 1.79. The molecule has 14 heavy (non-hydrogen) atoms. The lowest BCUT2D eigenvalue weighted by molar-refractivity contribution is 0.0695. The van der Waals surface area contributed by atoms with E-state index in [-0.39, 0.29) is 0 Å². The fourth-order valence-corrected chi connectivity index (χ4v) is 1.14. The van der Waals surface area contributed by atoms with Crippen molar-refractivity contribution >= 4 is 5.97 Å². The summed E-state index contributed by atoms with van der Waals surface area (Å²) in [5, 5.41) is 13.0. The van der Waals surface area contributed by atoms with Crippen molar-refractivity contribution in [1.29, 1.82) is 0 Å². The Balaban J connectivity index is 2.74. The van der Waals surface area contributed by atoms with Gasteiger partial charge in [0.2, 0.25) is 0 Å². The van der Waals surface area contributed by atoms with Gasteiger partial charge in [-0.2, -0.15) is 0 Å². The van der Waals surface area contributed by atoms with E-state index in [0.29, 0.717) is 18.7 Å². The van der Waals surface area contributed by atoms with Gasteiger partial charge >= 0.3 is 5.97 Å². The Labute approximate surface area is 83.1 Å². The van der Waals surface area contributed by atoms with Gasteiger partial charge in [-0.25, -0.2) is 10.1 Å². The van der Waals surface area contributed by atoms with Gasteiger partial charge in [0, 0.05) is 13.1 Å². The first kappa shape index (κ1) is 10.5. The Morgan fingerprint density at radius 3 is 2.86 bits per heavy atom. The van der Waals surface area contributed by atoms with Crippen LogP contribution in [0.5, 0.6) is 0 Å². The lowest BCUT2D eigenvalue weighted by Gasteiger charge is -2.04. The van der Waals surface area contributed by atoms with Crippen molar-refractivity contribution in [1.82, 2.24) is 5.32 Å². The van der Waals surface area contributed by atoms with E-state index in [0.717, 1.165) is 5.56 Å². The van der Waals surface area contributed by atoms with Gasteiger partial charge in [-0.1, -0.05) is 24.3 Å². The predicted molar refractivity (Wildman–Crippen MR) is 54.3 cm³/mol. The van der Waals surface area contributed by atoms with Gasteiger partial charge in [-0.15, -0.1) is 6.58 Å². The van der Waals surface area contributed by atoms with Crippen molar-refractivity contribution in [2.45, 2.75) is 6.54 Å². The number of rotatable bonds is 5. The molecule has 0 aliphatic heterocycles. The van der Waals surface area contributed by atoms with Crippen LogP contribution >= 0.6 is 0 Å². The molecule has 3 heteroatoms. The molecule has 0 spiro atoms. The molecule has 0 atom stereocenters. The van der Waals surface area contributed by atoms with Crippen molar-refractivity contribution in [3.63, 3.8) is 0 Å². The smallest absolute Gasteiger partial charge is 0.336 e. The van der Waals surface area contributed by atoms with Crippen LogP contribution in [-0.2, 0) is 6.54 Å². The highest BCUT2D eigenvalue weighted by Gasteiger charge is 2.07. The molecule has 0 bridgehead atoms. The zero-order valence-corrected chi connectivity index (χ0v) is 7.81. The quantitative estimate of drug-likeness (QED) is 0.567. The summed E-state index contributed by atoms with van der Waals surface area (Å²) in [5.41, 5.74) is 1.06. The molecule has 0 aliphatic rings. The second-order valence-electron chi connectivity index (χ2n) is 2.82. The average molecular weight is 190 g/mol. The number of nitrogens with zero attached hydrogens (tertiary/aromatic N) is 1. The number of carboxylic acid groups (broad SMARTS) is 1. The first-order valence-electron chi connectivity index (χ1n) is 4.31. The number of hydrogen-bond acceptors (Lipinski definition) is 1. The highest BCUT2D eigenvalue weighted by atomic mass is 16.4. The molecule has 0 unspecified atom stereocenters. The van der Waals surface area contributed by atoms with Crippen LogP contribution in [0, 0.1) is 0 Å². The molecular formula is C11H12NO2. The number of carboxylic acids is 1. The molecule has 1 radical (unpaired) electrons. The minimum absolute atomic E-state index is 0.320. The first-order valence-corrected chi connectivity index (χ1v) is 4.31. The normalized spacial score (nSPS) is 9.71. The third-order valence-corrected chi connectivity index (χ3v) is 1.79. The van der Waals surface area contributed by atoms with Crippen molar-refractivity contribution in [2.24, 2.45) is 0 Å². The summed E-state index contributed by atoms with van der Waals surface area (Å²) >= 11 is 0. The Bertz CT molecular complexity index is 334. The van der Waals surface area contributed by atoms with E-state index in [9.17, 15) is 4.79 Å². The number of carbonyl (C=O) groups is 1. The molecule has 1 N–H and O–H groups in total. The minimum Gasteiger partial charge on any atom is -0.478 e. The molecular weight excluding hydrogens is 178 g/mol. The van der Waals surface area contributed by atoms with Crippen LogP contribution in [0.3, 0.4) is 0 Å². The predicted octanol–water partition coefficient (Wildman–Crippen LogP) is 1.68. The summed E-state index contributed by atoms with van der Waals surface area (Å²) in [6.45, 7) is 4.51. The molecule has 1 aromatic carbocycles. The lowest BCUT2D eigenvalue weighted by Crippen LogP contribution is -2.09. The number of benzene rings is 1. The maximum absolute atomic E-state index is 10.8. The fraction of sp³-hybridized carbons (Fsp3) is 0.182. The van der Waals surface area contributed by atoms with Crippen LogP contribution < -0.4 is 5.32 Å². The Morgan fingerprint density at radius 2 is 2.21 bits per heavy atom. The highest BCUT2D eigenvalue weighted by Crippen LogP contribution is 2.08. The van der Waals surface area contributed by atoms with Crippen molar-refractivity contribution in [2.75, 3.05) is 6.54 Å². The van der Waals surface area contributed by atoms with Crippen molar-refractivity contribution in [3.8, 4) is 0 Å². The van der Waals surface area contributed by atoms with E-state index in [4.69, 9.17) is 5.11 Å². The zero-order valence-electron chi connectivity index (χ0n) is 7.81. The van der Waals surface area contributed by atoms with E-state index in [1.807, 2.05) is 6.07 Å². The van der Waals surface area contributed by atoms with Crippen LogP contribution in [0.4, 0.5) is 0 Å². The molecule has 0 heterocycles. The van der Waals surface area contributed by atoms with Gasteiger partial charge in [-0.3, -0.25) is 0 Å². The summed E-state index contributed by atoms with van der Waals surface area (Å²) in [4.78, 5) is 10.8. The molecule has 0 saturated heterocycles. The Kier molecular flexibility index (Phi) is 3.88. The molecule has 3 nitrogen and oxygen atoms in total. The standard InChI is InChI=1S/C11H12NO2/c1-2-7-12-8-9-5-3-4-6-10(9)11(13)14/h2-6H,1,7-8H2,(H,13,14). The largest absolute Gasteiger partial charge is 0.478 e. The summed E-state index contributed by atoms with van der Waals surface area (Å²) < 4.78 is 0. The van der Waals surface area contributed by atoms with E-state index in [2.05, 4.69) is 11.9 Å². The van der Waals surface area contributed by atoms with E-state index in [1.165, 1.54) is 0 Å². The summed E-state index contributed by atoms with van der Waals surface area (Å²) in [5.74, 6) is -0.908. The first-order chi connectivity index (χ1) is 6.75. The molecule has 1 rings (SSSR count). The van der Waals surface area contributed by atoms with Gasteiger partial charge in [0.15, 0.2) is 0 Å². The minimum atomic E-state index is -0.908. The second-order valence-corrected chi connectivity index (χ2v) is 2.82. The summed E-state index contributed by atoms with van der Waals surface area (Å²) in [7, 11) is 0. The molecule has 0 aliphatic carbocycles. The van der Waals surface area contributed by atoms with Crippen molar-refractivity contribution in [3.05, 3.63) is 48.0 Å². The third kappa shape index (κ3) is 2.71. The number of aromatic carboxylic acids is 1. The van der Waals surface area contributed by atoms with Gasteiger partial charge in [0.05, 0.1) is 5.56 Å². The molecule has 0 fully saturated rings. The van der Waals surface area contributed by atoms with Gasteiger partial charge in [0.1, 0.15) is 0 Å². The average Bonchev–Trinajstić information content (AvgIpc) is 2.19. The SMILES string of the molecule is C=CC[N]Cc1ccccc1C(=O)O. The maximum Gasteiger partial charge on any atom is 0.336 e. The van der Waals surface area contributed by atoms with Crippen LogP contribution in [0.15, 0.2) is 36.9 Å². The van der Waals surface area contributed by atoms with E-state index >= 15 is 0 Å². The second kappa shape index (κ2) is 5.19. The van der Waals surface area contributed by atoms with Crippen LogP contribution in [0.2, 0.25) is 0 Å². The Hall–Kier alpha value is -1.61. The van der Waals surface area contributed by atoms with Crippen LogP contribution in [0.25, 0.3) is 0 Å². The maximum atomic E-state index is 10.8. The molecule has 1 aromatic rings. The van der Waals surface area contributed by atoms with E-state index in [1.54, 1.807) is 24.3 Å². The molecule has 0 aromatic heterocycles. The summed E-state index contributed by atoms with van der Waals surface area (Å²) in [6, 6.07) is 6.88. The van der Waals surface area contributed by atoms with Gasteiger partial charge in [0.25, 0.3) is 0 Å². The molecule has 0 saturated carbocycles. The Morgan fingerprint density at radius 1 is 1.50 bits per heavy atom. The zero-order chi connectivity index (χ0) is 10.4. The fourth-order valence-electron chi connectivity index (χ4n) is 1.14. The molecule has 0 amide bonds. The summed E-state index contributed by atoms with van der Waals surface area (Å²) in [6.07, 6.45) is 1.68. The topological polar surface area (TPSA) is 51.4 Å². The van der Waals surface area contributed by atoms with Gasteiger partial charge < -0.3 is 5.11 Å². The highest BCUT2D eigenvalue weighted by molar-refractivity contribution is 5.89.